The van der Waals surface area contributed by atoms with Crippen molar-refractivity contribution >= 4 is 28.2 Å². The van der Waals surface area contributed by atoms with Gasteiger partial charge in [0.1, 0.15) is 6.10 Å². The predicted octanol–water partition coefficient (Wildman–Crippen LogP) is 1.02. The van der Waals surface area contributed by atoms with Gasteiger partial charge in [-0.15, -0.1) is 12.4 Å². The van der Waals surface area contributed by atoms with Gasteiger partial charge in [0, 0.05) is 26.4 Å². The van der Waals surface area contributed by atoms with Crippen LogP contribution in [0.1, 0.15) is 18.5 Å². The zero-order valence-corrected chi connectivity index (χ0v) is 15.1. The maximum atomic E-state index is 12.4. The van der Waals surface area contributed by atoms with Crippen LogP contribution in [0.3, 0.4) is 0 Å². The van der Waals surface area contributed by atoms with Gasteiger partial charge in [0.25, 0.3) is 5.91 Å². The van der Waals surface area contributed by atoms with Gasteiger partial charge in [0.15, 0.2) is 9.84 Å². The maximum Gasteiger partial charge on any atom is 0.253 e. The van der Waals surface area contributed by atoms with E-state index in [-0.39, 0.29) is 29.3 Å². The quantitative estimate of drug-likeness (QED) is 0.865. The molecule has 0 aliphatic carbocycles. The number of rotatable bonds is 4. The summed E-state index contributed by atoms with van der Waals surface area (Å²) in [5.74, 6) is -0.0770. The third-order valence-electron chi connectivity index (χ3n) is 3.92. The maximum absolute atomic E-state index is 12.4. The molecular formula is C15H23ClN2O4S. The summed E-state index contributed by atoms with van der Waals surface area (Å²) in [7, 11) is -1.48. The Kier molecular flexibility index (Phi) is 7.01. The fourth-order valence-electron chi connectivity index (χ4n) is 2.36. The van der Waals surface area contributed by atoms with E-state index in [9.17, 15) is 13.2 Å². The SMILES string of the molecule is CC(c1ccc(S(C)(=O)=O)cc1)N(C)C(=O)C1CNCCO1.Cl. The Morgan fingerprint density at radius 3 is 2.43 bits per heavy atom. The molecule has 0 aromatic heterocycles. The fourth-order valence-corrected chi connectivity index (χ4v) is 2.99. The van der Waals surface area contributed by atoms with Crippen LogP contribution < -0.4 is 5.32 Å². The van der Waals surface area contributed by atoms with Crippen molar-refractivity contribution in [3.05, 3.63) is 29.8 Å². The lowest BCUT2D eigenvalue weighted by atomic mass is 10.1. The van der Waals surface area contributed by atoms with Crippen molar-refractivity contribution in [2.75, 3.05) is 33.0 Å². The van der Waals surface area contributed by atoms with E-state index in [0.29, 0.717) is 13.2 Å². The summed E-state index contributed by atoms with van der Waals surface area (Å²) in [4.78, 5) is 14.3. The third-order valence-corrected chi connectivity index (χ3v) is 5.05. The van der Waals surface area contributed by atoms with E-state index in [1.54, 1.807) is 36.2 Å². The molecule has 2 rings (SSSR count). The van der Waals surface area contributed by atoms with E-state index in [0.717, 1.165) is 12.1 Å². The van der Waals surface area contributed by atoms with Gasteiger partial charge < -0.3 is 15.0 Å². The van der Waals surface area contributed by atoms with Crippen LogP contribution in [-0.2, 0) is 19.4 Å². The first-order valence-corrected chi connectivity index (χ1v) is 9.09. The Balaban J connectivity index is 0.00000264. The molecule has 1 N–H and O–H groups in total. The zero-order valence-electron chi connectivity index (χ0n) is 13.5. The van der Waals surface area contributed by atoms with Crippen molar-refractivity contribution in [1.29, 1.82) is 0 Å². The standard InChI is InChI=1S/C15H22N2O4S.ClH/c1-11(12-4-6-13(7-5-12)22(3,19)20)17(2)15(18)14-10-16-8-9-21-14;/h4-7,11,14,16H,8-10H2,1-3H3;1H. The van der Waals surface area contributed by atoms with E-state index in [2.05, 4.69) is 5.32 Å². The molecule has 130 valence electrons. The first kappa shape index (κ1) is 19.9. The number of sulfone groups is 1. The highest BCUT2D eigenvalue weighted by Gasteiger charge is 2.27. The second kappa shape index (κ2) is 8.10. The first-order valence-electron chi connectivity index (χ1n) is 7.19. The van der Waals surface area contributed by atoms with Crippen LogP contribution in [0.15, 0.2) is 29.2 Å². The molecule has 0 spiro atoms. The number of morpholine rings is 1. The van der Waals surface area contributed by atoms with Gasteiger partial charge in [-0.3, -0.25) is 4.79 Å². The lowest BCUT2D eigenvalue weighted by molar-refractivity contribution is -0.145. The normalized spacial score (nSPS) is 19.5. The Labute approximate surface area is 143 Å². The molecule has 0 radical (unpaired) electrons. The number of amides is 1. The minimum atomic E-state index is -3.21. The molecule has 0 bridgehead atoms. The van der Waals surface area contributed by atoms with E-state index >= 15 is 0 Å². The van der Waals surface area contributed by atoms with Crippen LogP contribution in [0, 0.1) is 0 Å². The number of carbonyl (C=O) groups excluding carboxylic acids is 1. The Morgan fingerprint density at radius 1 is 1.35 bits per heavy atom. The number of benzene rings is 1. The van der Waals surface area contributed by atoms with Gasteiger partial charge >= 0.3 is 0 Å². The van der Waals surface area contributed by atoms with E-state index in [4.69, 9.17) is 4.74 Å². The summed E-state index contributed by atoms with van der Waals surface area (Å²) in [5, 5.41) is 3.13. The fraction of sp³-hybridized carbons (Fsp3) is 0.533. The summed E-state index contributed by atoms with van der Waals surface area (Å²) in [6, 6.07) is 6.46. The Hall–Kier alpha value is -1.15. The van der Waals surface area contributed by atoms with Gasteiger partial charge in [0.05, 0.1) is 17.5 Å². The highest BCUT2D eigenvalue weighted by Crippen LogP contribution is 2.22. The first-order chi connectivity index (χ1) is 10.3. The van der Waals surface area contributed by atoms with Crippen molar-refractivity contribution in [1.82, 2.24) is 10.2 Å². The summed E-state index contributed by atoms with van der Waals surface area (Å²) in [6.07, 6.45) is 0.714. The van der Waals surface area contributed by atoms with E-state index < -0.39 is 15.9 Å². The molecule has 23 heavy (non-hydrogen) atoms. The van der Waals surface area contributed by atoms with Crippen LogP contribution in [0.25, 0.3) is 0 Å². The van der Waals surface area contributed by atoms with Gasteiger partial charge in [-0.1, -0.05) is 12.1 Å². The average molecular weight is 363 g/mol. The number of hydrogen-bond donors (Lipinski definition) is 1. The van der Waals surface area contributed by atoms with Crippen LogP contribution in [-0.4, -0.2) is 58.3 Å². The summed E-state index contributed by atoms with van der Waals surface area (Å²) in [6.45, 7) is 3.71. The van der Waals surface area contributed by atoms with Gasteiger partial charge in [0.2, 0.25) is 0 Å². The Morgan fingerprint density at radius 2 is 1.96 bits per heavy atom. The number of nitrogens with zero attached hydrogens (tertiary/aromatic N) is 1. The minimum absolute atomic E-state index is 0. The molecule has 6 nitrogen and oxygen atoms in total. The van der Waals surface area contributed by atoms with Crippen molar-refractivity contribution < 1.29 is 17.9 Å². The zero-order chi connectivity index (χ0) is 16.3. The van der Waals surface area contributed by atoms with E-state index in [1.165, 1.54) is 6.26 Å². The van der Waals surface area contributed by atoms with Crippen LogP contribution >= 0.6 is 12.4 Å². The molecule has 1 aliphatic rings. The van der Waals surface area contributed by atoms with Gasteiger partial charge in [-0.05, 0) is 24.6 Å². The molecule has 1 aromatic carbocycles. The monoisotopic (exact) mass is 362 g/mol. The van der Waals surface area contributed by atoms with E-state index in [1.807, 2.05) is 6.92 Å². The van der Waals surface area contributed by atoms with Gasteiger partial charge in [-0.25, -0.2) is 8.42 Å². The van der Waals surface area contributed by atoms with Crippen molar-refractivity contribution in [2.24, 2.45) is 0 Å². The number of carbonyl (C=O) groups is 1. The molecule has 1 fully saturated rings. The average Bonchev–Trinajstić information content (AvgIpc) is 2.53. The third kappa shape index (κ3) is 4.91. The van der Waals surface area contributed by atoms with Crippen molar-refractivity contribution in [2.45, 2.75) is 24.0 Å². The predicted molar refractivity (Wildman–Crippen MR) is 90.6 cm³/mol. The van der Waals surface area contributed by atoms with Crippen LogP contribution in [0.5, 0.6) is 0 Å². The molecule has 1 heterocycles. The molecule has 1 amide bonds. The highest BCUT2D eigenvalue weighted by molar-refractivity contribution is 7.90. The second-order valence-electron chi connectivity index (χ2n) is 5.53. The topological polar surface area (TPSA) is 75.7 Å². The Bertz CT molecular complexity index is 627. The smallest absolute Gasteiger partial charge is 0.253 e. The number of likely N-dealkylation sites (N-methyl/N-ethyl adjacent to an activating group) is 1. The molecule has 1 saturated heterocycles. The molecule has 0 saturated carbocycles. The van der Waals surface area contributed by atoms with Crippen LogP contribution in [0.2, 0.25) is 0 Å². The number of halogens is 1. The molecule has 2 unspecified atom stereocenters. The largest absolute Gasteiger partial charge is 0.366 e. The van der Waals surface area contributed by atoms with Crippen molar-refractivity contribution in [3.8, 4) is 0 Å². The molecule has 1 aliphatic heterocycles. The lowest BCUT2D eigenvalue weighted by Crippen LogP contribution is -2.48. The second-order valence-corrected chi connectivity index (χ2v) is 7.55. The molecule has 1 aromatic rings. The summed E-state index contributed by atoms with van der Waals surface area (Å²) in [5.41, 5.74) is 0.881. The molecular weight excluding hydrogens is 340 g/mol. The highest BCUT2D eigenvalue weighted by atomic mass is 35.5. The lowest BCUT2D eigenvalue weighted by Gasteiger charge is -2.31. The summed E-state index contributed by atoms with van der Waals surface area (Å²) >= 11 is 0. The minimum Gasteiger partial charge on any atom is -0.366 e. The van der Waals surface area contributed by atoms with Gasteiger partial charge in [-0.2, -0.15) is 0 Å². The van der Waals surface area contributed by atoms with Crippen LogP contribution in [0.4, 0.5) is 0 Å². The number of hydrogen-bond acceptors (Lipinski definition) is 5. The summed E-state index contributed by atoms with van der Waals surface area (Å²) < 4.78 is 28.4. The number of ether oxygens (including phenoxy) is 1. The molecule has 2 atom stereocenters. The van der Waals surface area contributed by atoms with Crippen molar-refractivity contribution in [3.63, 3.8) is 0 Å². The number of nitrogens with one attached hydrogen (secondary N) is 1. The molecule has 8 heteroatoms.